The Morgan fingerprint density at radius 2 is 1.86 bits per heavy atom. The van der Waals surface area contributed by atoms with Crippen LogP contribution in [-0.4, -0.2) is 18.3 Å². The fourth-order valence-corrected chi connectivity index (χ4v) is 2.13. The van der Waals surface area contributed by atoms with Crippen molar-refractivity contribution in [2.24, 2.45) is 0 Å². The standard InChI is InChI=1S/C12H14O2/c1-2-4-9(5-3-1)8-13-10-6-11-12(7-10)14-11/h1-5,10-12H,6-8H2/t10?,11-,12?/m1/s1. The minimum absolute atomic E-state index is 0.430. The molecule has 0 bridgehead atoms. The molecule has 1 aliphatic carbocycles. The zero-order chi connectivity index (χ0) is 9.38. The zero-order valence-electron chi connectivity index (χ0n) is 8.06. The first-order valence-corrected chi connectivity index (χ1v) is 5.23. The van der Waals surface area contributed by atoms with E-state index in [0.29, 0.717) is 18.3 Å². The summed E-state index contributed by atoms with van der Waals surface area (Å²) in [6.45, 7) is 0.741. The van der Waals surface area contributed by atoms with Gasteiger partial charge in [-0.2, -0.15) is 0 Å². The number of benzene rings is 1. The van der Waals surface area contributed by atoms with Crippen LogP contribution in [0, 0.1) is 0 Å². The van der Waals surface area contributed by atoms with Gasteiger partial charge in [0, 0.05) is 12.8 Å². The largest absolute Gasteiger partial charge is 0.373 e. The molecule has 0 N–H and O–H groups in total. The third kappa shape index (κ3) is 1.68. The van der Waals surface area contributed by atoms with E-state index >= 15 is 0 Å². The van der Waals surface area contributed by atoms with Crippen molar-refractivity contribution in [2.45, 2.75) is 37.8 Å². The quantitative estimate of drug-likeness (QED) is 0.681. The monoisotopic (exact) mass is 190 g/mol. The maximum Gasteiger partial charge on any atom is 0.0867 e. The van der Waals surface area contributed by atoms with Crippen LogP contribution in [0.4, 0.5) is 0 Å². The van der Waals surface area contributed by atoms with Gasteiger partial charge in [-0.3, -0.25) is 0 Å². The zero-order valence-corrected chi connectivity index (χ0v) is 8.06. The Bertz CT molecular complexity index is 299. The van der Waals surface area contributed by atoms with Gasteiger partial charge in [0.15, 0.2) is 0 Å². The van der Waals surface area contributed by atoms with Crippen LogP contribution in [0.25, 0.3) is 0 Å². The molecule has 3 atom stereocenters. The van der Waals surface area contributed by atoms with E-state index in [1.807, 2.05) is 18.2 Å². The van der Waals surface area contributed by atoms with E-state index in [2.05, 4.69) is 12.1 Å². The van der Waals surface area contributed by atoms with E-state index in [9.17, 15) is 0 Å². The van der Waals surface area contributed by atoms with Crippen molar-refractivity contribution in [3.63, 3.8) is 0 Å². The number of fused-ring (bicyclic) bond motifs is 1. The van der Waals surface area contributed by atoms with Gasteiger partial charge in [0.05, 0.1) is 24.9 Å². The maximum atomic E-state index is 5.81. The van der Waals surface area contributed by atoms with E-state index < -0.39 is 0 Å². The molecule has 1 aromatic carbocycles. The lowest BCUT2D eigenvalue weighted by molar-refractivity contribution is 0.0221. The Morgan fingerprint density at radius 1 is 1.14 bits per heavy atom. The first kappa shape index (κ1) is 8.45. The number of hydrogen-bond acceptors (Lipinski definition) is 2. The van der Waals surface area contributed by atoms with Crippen LogP contribution in [0.3, 0.4) is 0 Å². The Morgan fingerprint density at radius 3 is 2.57 bits per heavy atom. The summed E-state index contributed by atoms with van der Waals surface area (Å²) in [5.41, 5.74) is 1.26. The van der Waals surface area contributed by atoms with E-state index in [-0.39, 0.29) is 0 Å². The van der Waals surface area contributed by atoms with Crippen molar-refractivity contribution >= 4 is 0 Å². The van der Waals surface area contributed by atoms with Crippen LogP contribution in [0.15, 0.2) is 30.3 Å². The Hall–Kier alpha value is -0.860. The molecule has 0 spiro atoms. The van der Waals surface area contributed by atoms with E-state index in [4.69, 9.17) is 9.47 Å². The van der Waals surface area contributed by atoms with Gasteiger partial charge in [-0.15, -0.1) is 0 Å². The molecule has 1 heterocycles. The molecular weight excluding hydrogens is 176 g/mol. The SMILES string of the molecule is c1ccc(COC2CC3O[C@@H]3C2)cc1. The van der Waals surface area contributed by atoms with Crippen molar-refractivity contribution in [3.8, 4) is 0 Å². The van der Waals surface area contributed by atoms with Crippen LogP contribution in [0.2, 0.25) is 0 Å². The number of ether oxygens (including phenoxy) is 2. The van der Waals surface area contributed by atoms with Crippen molar-refractivity contribution in [2.75, 3.05) is 0 Å². The van der Waals surface area contributed by atoms with Crippen molar-refractivity contribution in [1.29, 1.82) is 0 Å². The van der Waals surface area contributed by atoms with Crippen LogP contribution in [0.1, 0.15) is 18.4 Å². The summed E-state index contributed by atoms with van der Waals surface area (Å²) in [5, 5.41) is 0. The topological polar surface area (TPSA) is 21.8 Å². The predicted molar refractivity (Wildman–Crippen MR) is 52.9 cm³/mol. The molecule has 74 valence electrons. The van der Waals surface area contributed by atoms with Crippen molar-refractivity contribution in [1.82, 2.24) is 0 Å². The molecule has 2 heteroatoms. The lowest BCUT2D eigenvalue weighted by atomic mass is 10.2. The second-order valence-corrected chi connectivity index (χ2v) is 4.10. The summed E-state index contributed by atoms with van der Waals surface area (Å²) in [7, 11) is 0. The number of epoxide rings is 1. The van der Waals surface area contributed by atoms with Crippen molar-refractivity contribution in [3.05, 3.63) is 35.9 Å². The molecule has 1 saturated heterocycles. The third-order valence-electron chi connectivity index (χ3n) is 3.01. The van der Waals surface area contributed by atoms with E-state index in [1.54, 1.807) is 0 Å². The Balaban J connectivity index is 1.50. The fourth-order valence-electron chi connectivity index (χ4n) is 2.13. The summed E-state index contributed by atoms with van der Waals surface area (Å²) in [4.78, 5) is 0. The van der Waals surface area contributed by atoms with Crippen LogP contribution < -0.4 is 0 Å². The van der Waals surface area contributed by atoms with Gasteiger partial charge >= 0.3 is 0 Å². The van der Waals surface area contributed by atoms with Crippen LogP contribution >= 0.6 is 0 Å². The van der Waals surface area contributed by atoms with E-state index in [0.717, 1.165) is 19.4 Å². The normalized spacial score (nSPS) is 34.1. The molecule has 0 amide bonds. The molecule has 0 radical (unpaired) electrons. The second kappa shape index (κ2) is 3.37. The fraction of sp³-hybridized carbons (Fsp3) is 0.500. The maximum absolute atomic E-state index is 5.81. The highest BCUT2D eigenvalue weighted by Gasteiger charge is 2.48. The van der Waals surface area contributed by atoms with Gasteiger partial charge in [0.2, 0.25) is 0 Å². The average molecular weight is 190 g/mol. The molecule has 3 rings (SSSR count). The van der Waals surface area contributed by atoms with E-state index in [1.165, 1.54) is 5.56 Å². The highest BCUT2D eigenvalue weighted by molar-refractivity contribution is 5.13. The summed E-state index contributed by atoms with van der Waals surface area (Å²) in [5.74, 6) is 0. The lowest BCUT2D eigenvalue weighted by Gasteiger charge is -2.12. The molecule has 1 aliphatic heterocycles. The molecule has 2 fully saturated rings. The molecule has 1 saturated carbocycles. The minimum atomic E-state index is 0.430. The summed E-state index contributed by atoms with van der Waals surface area (Å²) in [6, 6.07) is 10.3. The van der Waals surface area contributed by atoms with Gasteiger partial charge < -0.3 is 9.47 Å². The van der Waals surface area contributed by atoms with Gasteiger partial charge in [-0.25, -0.2) is 0 Å². The average Bonchev–Trinajstić information content (AvgIpc) is 2.85. The molecule has 2 nitrogen and oxygen atoms in total. The van der Waals surface area contributed by atoms with Crippen LogP contribution in [-0.2, 0) is 16.1 Å². The summed E-state index contributed by atoms with van der Waals surface area (Å²) >= 11 is 0. The summed E-state index contributed by atoms with van der Waals surface area (Å²) in [6.07, 6.45) is 3.67. The van der Waals surface area contributed by atoms with Gasteiger partial charge in [-0.1, -0.05) is 30.3 Å². The molecule has 1 aromatic rings. The van der Waals surface area contributed by atoms with Crippen LogP contribution in [0.5, 0.6) is 0 Å². The molecule has 2 unspecified atom stereocenters. The first-order valence-electron chi connectivity index (χ1n) is 5.23. The predicted octanol–water partition coefficient (Wildman–Crippen LogP) is 2.13. The van der Waals surface area contributed by atoms with Crippen molar-refractivity contribution < 1.29 is 9.47 Å². The molecule has 0 aromatic heterocycles. The lowest BCUT2D eigenvalue weighted by Crippen LogP contribution is -2.11. The first-order chi connectivity index (χ1) is 6.92. The number of hydrogen-bond donors (Lipinski definition) is 0. The molecule has 14 heavy (non-hydrogen) atoms. The van der Waals surface area contributed by atoms with Gasteiger partial charge in [0.1, 0.15) is 0 Å². The molecule has 2 aliphatic rings. The van der Waals surface area contributed by atoms with Gasteiger partial charge in [0.25, 0.3) is 0 Å². The number of rotatable bonds is 3. The second-order valence-electron chi connectivity index (χ2n) is 4.10. The highest BCUT2D eigenvalue weighted by atomic mass is 16.6. The Labute approximate surface area is 83.8 Å². The summed E-state index contributed by atoms with van der Waals surface area (Å²) < 4.78 is 11.2. The minimum Gasteiger partial charge on any atom is -0.373 e. The smallest absolute Gasteiger partial charge is 0.0867 e. The van der Waals surface area contributed by atoms with Gasteiger partial charge in [-0.05, 0) is 5.56 Å². The molecular formula is C12H14O2. The third-order valence-corrected chi connectivity index (χ3v) is 3.01. The Kier molecular flexibility index (Phi) is 2.03. The highest BCUT2D eigenvalue weighted by Crippen LogP contribution is 2.39.